The number of urea groups is 1. The van der Waals surface area contributed by atoms with Crippen LogP contribution in [0.2, 0.25) is 0 Å². The number of nitrogens with one attached hydrogen (secondary N) is 2. The van der Waals surface area contributed by atoms with E-state index in [-0.39, 0.29) is 28.9 Å². The van der Waals surface area contributed by atoms with Crippen LogP contribution in [0.25, 0.3) is 0 Å². The lowest BCUT2D eigenvalue weighted by molar-refractivity contribution is -0.117. The Bertz CT molecular complexity index is 972. The molecule has 0 aliphatic rings. The third-order valence-electron chi connectivity index (χ3n) is 5.37. The van der Waals surface area contributed by atoms with Crippen molar-refractivity contribution in [2.45, 2.75) is 73.0 Å². The zero-order valence-corrected chi connectivity index (χ0v) is 22.3. The van der Waals surface area contributed by atoms with E-state index in [9.17, 15) is 9.59 Å². The quantitative estimate of drug-likeness (QED) is 0.511. The molecule has 1 atom stereocenters. The number of rotatable bonds is 7. The molecule has 0 fully saturated rings. The Morgan fingerprint density at radius 3 is 2.09 bits per heavy atom. The van der Waals surface area contributed by atoms with Crippen LogP contribution in [-0.2, 0) is 11.3 Å². The molecule has 3 amide bonds. The second-order valence-corrected chi connectivity index (χ2v) is 11.4. The lowest BCUT2D eigenvalue weighted by Gasteiger charge is -2.34. The number of nitrogens with zero attached hydrogens (tertiary/aromatic N) is 2. The third-order valence-corrected chi connectivity index (χ3v) is 5.37. The van der Waals surface area contributed by atoms with Crippen LogP contribution < -0.4 is 15.5 Å². The predicted molar refractivity (Wildman–Crippen MR) is 142 cm³/mol. The zero-order chi connectivity index (χ0) is 25.7. The highest BCUT2D eigenvalue weighted by Crippen LogP contribution is 2.29. The van der Waals surface area contributed by atoms with Gasteiger partial charge >= 0.3 is 6.03 Å². The molecule has 0 bridgehead atoms. The van der Waals surface area contributed by atoms with Gasteiger partial charge in [-0.1, -0.05) is 51.1 Å². The number of carbonyl (C=O) groups is 2. The van der Waals surface area contributed by atoms with Crippen LogP contribution in [-0.4, -0.2) is 36.5 Å². The van der Waals surface area contributed by atoms with Gasteiger partial charge in [-0.3, -0.25) is 4.79 Å². The Morgan fingerprint density at radius 2 is 1.56 bits per heavy atom. The van der Waals surface area contributed by atoms with Gasteiger partial charge in [0.25, 0.3) is 0 Å². The molecule has 0 saturated carbocycles. The first-order valence-electron chi connectivity index (χ1n) is 11.9. The molecule has 2 aromatic rings. The van der Waals surface area contributed by atoms with Gasteiger partial charge in [0, 0.05) is 37.4 Å². The summed E-state index contributed by atoms with van der Waals surface area (Å²) >= 11 is 0. The lowest BCUT2D eigenvalue weighted by Crippen LogP contribution is -2.49. The number of hydrogen-bond donors (Lipinski definition) is 2. The zero-order valence-electron chi connectivity index (χ0n) is 22.3. The van der Waals surface area contributed by atoms with Gasteiger partial charge in [-0.2, -0.15) is 0 Å². The second kappa shape index (κ2) is 10.9. The van der Waals surface area contributed by atoms with Gasteiger partial charge in [0.05, 0.1) is 12.6 Å². The minimum absolute atomic E-state index is 0.0176. The summed E-state index contributed by atoms with van der Waals surface area (Å²) in [5.74, 6) is -0.0176. The maximum atomic E-state index is 13.4. The van der Waals surface area contributed by atoms with Gasteiger partial charge in [0.1, 0.15) is 0 Å². The molecule has 2 aromatic carbocycles. The van der Waals surface area contributed by atoms with E-state index in [1.54, 1.807) is 0 Å². The fourth-order valence-corrected chi connectivity index (χ4v) is 3.79. The molecule has 2 rings (SSSR count). The average Bonchev–Trinajstić information content (AvgIpc) is 2.69. The van der Waals surface area contributed by atoms with Crippen LogP contribution in [0.1, 0.15) is 72.1 Å². The van der Waals surface area contributed by atoms with Crippen LogP contribution in [0.4, 0.5) is 16.2 Å². The Morgan fingerprint density at radius 1 is 0.941 bits per heavy atom. The molecule has 0 heterocycles. The summed E-state index contributed by atoms with van der Waals surface area (Å²) in [5, 5.41) is 6.15. The van der Waals surface area contributed by atoms with Crippen molar-refractivity contribution in [1.82, 2.24) is 10.2 Å². The van der Waals surface area contributed by atoms with Crippen LogP contribution in [0.3, 0.4) is 0 Å². The monoisotopic (exact) mass is 466 g/mol. The van der Waals surface area contributed by atoms with Gasteiger partial charge in [-0.05, 0) is 62.4 Å². The predicted octanol–water partition coefficient (Wildman–Crippen LogP) is 6.20. The molecule has 0 spiro atoms. The van der Waals surface area contributed by atoms with Gasteiger partial charge in [-0.15, -0.1) is 0 Å². The molecule has 6 nitrogen and oxygen atoms in total. The van der Waals surface area contributed by atoms with Crippen LogP contribution in [0.15, 0.2) is 48.5 Å². The summed E-state index contributed by atoms with van der Waals surface area (Å²) in [6.07, 6.45) is 0.433. The number of benzene rings is 2. The van der Waals surface area contributed by atoms with Gasteiger partial charge < -0.3 is 20.4 Å². The maximum Gasteiger partial charge on any atom is 0.318 e. The van der Waals surface area contributed by atoms with Crippen LogP contribution in [0, 0.1) is 5.41 Å². The highest BCUT2D eigenvalue weighted by molar-refractivity contribution is 5.91. The van der Waals surface area contributed by atoms with Crippen LogP contribution in [0.5, 0.6) is 0 Å². The summed E-state index contributed by atoms with van der Waals surface area (Å²) in [5.41, 5.74) is 3.31. The Labute approximate surface area is 205 Å². The Hall–Kier alpha value is -3.02. The molecule has 0 radical (unpaired) electrons. The molecule has 0 aliphatic carbocycles. The Kier molecular flexibility index (Phi) is 8.76. The van der Waals surface area contributed by atoms with E-state index in [0.717, 1.165) is 22.5 Å². The first-order chi connectivity index (χ1) is 15.7. The molecular formula is C28H42N4O2. The van der Waals surface area contributed by atoms with Crippen LogP contribution >= 0.6 is 0 Å². The standard InChI is InChI=1S/C28H42N4O2/c1-20(21-13-11-10-12-14-21)32(26(34)30-28(5,6)7)19-22-17-23(15-16-24(22)31(8)9)29-25(33)18-27(2,3)4/h10-17,20H,18-19H2,1-9H3,(H,29,33)(H,30,34)/t20-/m0/s1. The fraction of sp³-hybridized carbons (Fsp3) is 0.500. The van der Waals surface area contributed by atoms with E-state index in [1.165, 1.54) is 0 Å². The lowest BCUT2D eigenvalue weighted by atomic mass is 9.92. The molecular weight excluding hydrogens is 424 g/mol. The van der Waals surface area contributed by atoms with Gasteiger partial charge in [0.2, 0.25) is 5.91 Å². The van der Waals surface area contributed by atoms with Crippen molar-refractivity contribution in [2.75, 3.05) is 24.3 Å². The van der Waals surface area contributed by atoms with E-state index in [1.807, 2.05) is 121 Å². The minimum atomic E-state index is -0.362. The second-order valence-electron chi connectivity index (χ2n) is 11.4. The van der Waals surface area contributed by atoms with Gasteiger partial charge in [-0.25, -0.2) is 4.79 Å². The number of amides is 3. The van der Waals surface area contributed by atoms with Crippen molar-refractivity contribution in [2.24, 2.45) is 5.41 Å². The van der Waals surface area contributed by atoms with Crippen molar-refractivity contribution in [3.8, 4) is 0 Å². The highest BCUT2D eigenvalue weighted by Gasteiger charge is 2.26. The molecule has 2 N–H and O–H groups in total. The summed E-state index contributed by atoms with van der Waals surface area (Å²) in [6.45, 7) is 14.5. The fourth-order valence-electron chi connectivity index (χ4n) is 3.79. The topological polar surface area (TPSA) is 64.7 Å². The third kappa shape index (κ3) is 8.40. The van der Waals surface area contributed by atoms with E-state index >= 15 is 0 Å². The van der Waals surface area contributed by atoms with Crippen molar-refractivity contribution in [3.63, 3.8) is 0 Å². The largest absolute Gasteiger partial charge is 0.377 e. The average molecular weight is 467 g/mol. The number of carbonyl (C=O) groups excluding carboxylic acids is 2. The number of anilines is 2. The summed E-state index contributed by atoms with van der Waals surface area (Å²) in [4.78, 5) is 29.8. The smallest absolute Gasteiger partial charge is 0.318 e. The highest BCUT2D eigenvalue weighted by atomic mass is 16.2. The summed E-state index contributed by atoms with van der Waals surface area (Å²) < 4.78 is 0. The number of hydrogen-bond acceptors (Lipinski definition) is 3. The van der Waals surface area contributed by atoms with Crippen molar-refractivity contribution < 1.29 is 9.59 Å². The normalized spacial score (nSPS) is 12.6. The van der Waals surface area contributed by atoms with Crippen molar-refractivity contribution in [3.05, 3.63) is 59.7 Å². The molecule has 34 heavy (non-hydrogen) atoms. The summed E-state index contributed by atoms with van der Waals surface area (Å²) in [7, 11) is 3.97. The first kappa shape index (κ1) is 27.2. The minimum Gasteiger partial charge on any atom is -0.377 e. The molecule has 186 valence electrons. The van der Waals surface area contributed by atoms with E-state index < -0.39 is 0 Å². The molecule has 0 aromatic heterocycles. The first-order valence-corrected chi connectivity index (χ1v) is 11.9. The Balaban J connectivity index is 2.42. The van der Waals surface area contributed by atoms with E-state index in [0.29, 0.717) is 13.0 Å². The van der Waals surface area contributed by atoms with Crippen molar-refractivity contribution in [1.29, 1.82) is 0 Å². The SMILES string of the molecule is C[C@@H](c1ccccc1)N(Cc1cc(NC(=O)CC(C)(C)C)ccc1N(C)C)C(=O)NC(C)(C)C. The van der Waals surface area contributed by atoms with Crippen molar-refractivity contribution >= 4 is 23.3 Å². The molecule has 6 heteroatoms. The van der Waals surface area contributed by atoms with Gasteiger partial charge in [0.15, 0.2) is 0 Å². The molecule has 0 saturated heterocycles. The maximum absolute atomic E-state index is 13.4. The van der Waals surface area contributed by atoms with E-state index in [4.69, 9.17) is 0 Å². The molecule has 0 unspecified atom stereocenters. The molecule has 0 aliphatic heterocycles. The summed E-state index contributed by atoms with van der Waals surface area (Å²) in [6, 6.07) is 15.7. The van der Waals surface area contributed by atoms with E-state index in [2.05, 4.69) is 10.6 Å².